The lowest BCUT2D eigenvalue weighted by Gasteiger charge is -2.25. The molecule has 0 amide bonds. The number of hydrogen-bond donors (Lipinski definition) is 1. The van der Waals surface area contributed by atoms with Crippen molar-refractivity contribution < 1.29 is 0 Å². The Balaban J connectivity index is 1.92. The summed E-state index contributed by atoms with van der Waals surface area (Å²) in [5, 5.41) is 3.24. The summed E-state index contributed by atoms with van der Waals surface area (Å²) in [5.74, 6) is 0. The second-order valence-electron chi connectivity index (χ2n) is 5.13. The highest BCUT2D eigenvalue weighted by molar-refractivity contribution is 5.53. The number of nitrogens with one attached hydrogen (secondary N) is 1. The van der Waals surface area contributed by atoms with Gasteiger partial charge in [0, 0.05) is 32.4 Å². The smallest absolute Gasteiger partial charge is 0.0409 e. The van der Waals surface area contributed by atoms with E-state index in [1.165, 1.54) is 43.7 Å². The molecule has 1 N–H and O–H groups in total. The van der Waals surface area contributed by atoms with Crippen LogP contribution in [-0.4, -0.2) is 45.2 Å². The molecule has 0 aromatic heterocycles. The van der Waals surface area contributed by atoms with Crippen molar-refractivity contribution in [2.45, 2.75) is 19.4 Å². The van der Waals surface area contributed by atoms with Gasteiger partial charge < -0.3 is 15.1 Å². The van der Waals surface area contributed by atoms with E-state index in [0.717, 1.165) is 13.1 Å². The molecule has 3 nitrogen and oxygen atoms in total. The third-order valence-electron chi connectivity index (χ3n) is 3.72. The highest BCUT2D eigenvalue weighted by Crippen LogP contribution is 2.19. The first-order chi connectivity index (χ1) is 8.81. The van der Waals surface area contributed by atoms with Gasteiger partial charge in [0.15, 0.2) is 0 Å². The minimum absolute atomic E-state index is 0.935. The van der Waals surface area contributed by atoms with Crippen molar-refractivity contribution in [1.29, 1.82) is 0 Å². The SMILES string of the molecule is CNCc1ccccc1N(C)CCN1CCCC1. The fraction of sp³-hybridized carbons (Fsp3) is 0.600. The highest BCUT2D eigenvalue weighted by Gasteiger charge is 2.12. The predicted molar refractivity (Wildman–Crippen MR) is 78.1 cm³/mol. The Morgan fingerprint density at radius 2 is 1.94 bits per heavy atom. The van der Waals surface area contributed by atoms with E-state index in [2.05, 4.69) is 46.4 Å². The molecule has 1 fully saturated rings. The topological polar surface area (TPSA) is 18.5 Å². The van der Waals surface area contributed by atoms with E-state index in [1.54, 1.807) is 0 Å². The third kappa shape index (κ3) is 3.47. The lowest BCUT2D eigenvalue weighted by Crippen LogP contribution is -2.32. The third-order valence-corrected chi connectivity index (χ3v) is 3.72. The van der Waals surface area contributed by atoms with Crippen LogP contribution >= 0.6 is 0 Å². The van der Waals surface area contributed by atoms with Crippen molar-refractivity contribution in [3.63, 3.8) is 0 Å². The van der Waals surface area contributed by atoms with E-state index in [-0.39, 0.29) is 0 Å². The maximum atomic E-state index is 3.24. The number of nitrogens with zero attached hydrogens (tertiary/aromatic N) is 2. The molecule has 0 spiro atoms. The zero-order chi connectivity index (χ0) is 12.8. The first-order valence-corrected chi connectivity index (χ1v) is 6.97. The van der Waals surface area contributed by atoms with Crippen LogP contribution in [0.2, 0.25) is 0 Å². The minimum Gasteiger partial charge on any atom is -0.373 e. The molecule has 0 radical (unpaired) electrons. The molecule has 18 heavy (non-hydrogen) atoms. The summed E-state index contributed by atoms with van der Waals surface area (Å²) in [5.41, 5.74) is 2.73. The second kappa shape index (κ2) is 6.76. The van der Waals surface area contributed by atoms with Gasteiger partial charge in [0.25, 0.3) is 0 Å². The normalized spacial score (nSPS) is 16.1. The summed E-state index contributed by atoms with van der Waals surface area (Å²) in [7, 11) is 4.20. The molecule has 100 valence electrons. The summed E-state index contributed by atoms with van der Waals surface area (Å²) in [6, 6.07) is 8.67. The van der Waals surface area contributed by atoms with Crippen LogP contribution in [0.25, 0.3) is 0 Å². The Morgan fingerprint density at radius 1 is 1.22 bits per heavy atom. The zero-order valence-electron chi connectivity index (χ0n) is 11.7. The van der Waals surface area contributed by atoms with E-state index in [0.29, 0.717) is 0 Å². The molecule has 1 saturated heterocycles. The van der Waals surface area contributed by atoms with Gasteiger partial charge in [-0.2, -0.15) is 0 Å². The fourth-order valence-corrected chi connectivity index (χ4v) is 2.64. The van der Waals surface area contributed by atoms with Crippen LogP contribution < -0.4 is 10.2 Å². The predicted octanol–water partition coefficient (Wildman–Crippen LogP) is 1.94. The summed E-state index contributed by atoms with van der Waals surface area (Å²) >= 11 is 0. The van der Waals surface area contributed by atoms with Crippen LogP contribution in [0.15, 0.2) is 24.3 Å². The number of hydrogen-bond acceptors (Lipinski definition) is 3. The maximum Gasteiger partial charge on any atom is 0.0409 e. The molecular weight excluding hydrogens is 222 g/mol. The Hall–Kier alpha value is -1.06. The molecule has 0 saturated carbocycles. The molecule has 1 aliphatic heterocycles. The zero-order valence-corrected chi connectivity index (χ0v) is 11.7. The van der Waals surface area contributed by atoms with Gasteiger partial charge in [-0.25, -0.2) is 0 Å². The molecule has 1 aliphatic rings. The van der Waals surface area contributed by atoms with E-state index in [4.69, 9.17) is 0 Å². The van der Waals surface area contributed by atoms with Gasteiger partial charge in [0.1, 0.15) is 0 Å². The molecule has 0 bridgehead atoms. The second-order valence-corrected chi connectivity index (χ2v) is 5.13. The van der Waals surface area contributed by atoms with Crippen LogP contribution in [0, 0.1) is 0 Å². The number of likely N-dealkylation sites (N-methyl/N-ethyl adjacent to an activating group) is 1. The highest BCUT2D eigenvalue weighted by atomic mass is 15.2. The maximum absolute atomic E-state index is 3.24. The summed E-state index contributed by atoms with van der Waals surface area (Å²) < 4.78 is 0. The number of para-hydroxylation sites is 1. The van der Waals surface area contributed by atoms with Gasteiger partial charge in [-0.1, -0.05) is 18.2 Å². The van der Waals surface area contributed by atoms with Crippen LogP contribution in [0.3, 0.4) is 0 Å². The molecule has 1 heterocycles. The van der Waals surface area contributed by atoms with Crippen molar-refractivity contribution >= 4 is 5.69 Å². The first kappa shape index (κ1) is 13.4. The van der Waals surface area contributed by atoms with Crippen molar-refractivity contribution in [2.24, 2.45) is 0 Å². The van der Waals surface area contributed by atoms with E-state index in [9.17, 15) is 0 Å². The van der Waals surface area contributed by atoms with Crippen LogP contribution in [0.5, 0.6) is 0 Å². The lowest BCUT2D eigenvalue weighted by atomic mass is 10.1. The number of likely N-dealkylation sites (tertiary alicyclic amines) is 1. The van der Waals surface area contributed by atoms with Gasteiger partial charge >= 0.3 is 0 Å². The van der Waals surface area contributed by atoms with Crippen LogP contribution in [-0.2, 0) is 6.54 Å². The van der Waals surface area contributed by atoms with Crippen molar-refractivity contribution in [3.8, 4) is 0 Å². The van der Waals surface area contributed by atoms with Crippen LogP contribution in [0.1, 0.15) is 18.4 Å². The van der Waals surface area contributed by atoms with Gasteiger partial charge in [-0.05, 0) is 44.6 Å². The minimum atomic E-state index is 0.935. The molecule has 1 aromatic rings. The summed E-state index contributed by atoms with van der Waals surface area (Å²) in [4.78, 5) is 4.95. The molecule has 3 heteroatoms. The Labute approximate surface area is 111 Å². The first-order valence-electron chi connectivity index (χ1n) is 6.97. The monoisotopic (exact) mass is 247 g/mol. The molecule has 0 unspecified atom stereocenters. The molecule has 2 rings (SSSR count). The summed E-state index contributed by atoms with van der Waals surface area (Å²) in [6.45, 7) is 5.80. The van der Waals surface area contributed by atoms with Gasteiger partial charge in [0.05, 0.1) is 0 Å². The van der Waals surface area contributed by atoms with E-state index < -0.39 is 0 Å². The average molecular weight is 247 g/mol. The average Bonchev–Trinajstić information content (AvgIpc) is 2.90. The van der Waals surface area contributed by atoms with Crippen LogP contribution in [0.4, 0.5) is 5.69 Å². The molecular formula is C15H25N3. The fourth-order valence-electron chi connectivity index (χ4n) is 2.64. The Bertz CT molecular complexity index is 359. The largest absolute Gasteiger partial charge is 0.373 e. The number of rotatable bonds is 6. The molecule has 1 aromatic carbocycles. The van der Waals surface area contributed by atoms with Gasteiger partial charge in [-0.3, -0.25) is 0 Å². The molecule has 0 atom stereocenters. The number of benzene rings is 1. The Morgan fingerprint density at radius 3 is 2.67 bits per heavy atom. The lowest BCUT2D eigenvalue weighted by molar-refractivity contribution is 0.346. The van der Waals surface area contributed by atoms with Crippen molar-refractivity contribution in [1.82, 2.24) is 10.2 Å². The van der Waals surface area contributed by atoms with E-state index in [1.807, 2.05) is 7.05 Å². The van der Waals surface area contributed by atoms with Crippen molar-refractivity contribution in [2.75, 3.05) is 45.2 Å². The standard InChI is InChI=1S/C15H25N3/c1-16-13-14-7-3-4-8-15(14)17(2)11-12-18-9-5-6-10-18/h3-4,7-8,16H,5-6,9-13H2,1-2H3. The van der Waals surface area contributed by atoms with Gasteiger partial charge in [-0.15, -0.1) is 0 Å². The Kier molecular flexibility index (Phi) is 5.02. The molecule has 0 aliphatic carbocycles. The quantitative estimate of drug-likeness (QED) is 0.829. The number of anilines is 1. The van der Waals surface area contributed by atoms with E-state index >= 15 is 0 Å². The van der Waals surface area contributed by atoms with Crippen molar-refractivity contribution in [3.05, 3.63) is 29.8 Å². The van der Waals surface area contributed by atoms with Gasteiger partial charge in [0.2, 0.25) is 0 Å². The summed E-state index contributed by atoms with van der Waals surface area (Å²) in [6.07, 6.45) is 2.75.